The summed E-state index contributed by atoms with van der Waals surface area (Å²) in [6.07, 6.45) is 8.59. The van der Waals surface area contributed by atoms with E-state index in [1.54, 1.807) is 36.7 Å². The van der Waals surface area contributed by atoms with Crippen molar-refractivity contribution in [2.75, 3.05) is 11.4 Å². The Morgan fingerprint density at radius 3 is 2.56 bits per heavy atom. The SMILES string of the molecule is Cc1ccccc1N(C(=O)CNC(=O)c1ccco1)[C@H](C(=O)NC1CCCC1)c1cccnc1. The van der Waals surface area contributed by atoms with E-state index in [0.29, 0.717) is 11.3 Å². The second-order valence-corrected chi connectivity index (χ2v) is 8.39. The van der Waals surface area contributed by atoms with Crippen LogP contribution in [0, 0.1) is 6.92 Å². The molecule has 8 heteroatoms. The summed E-state index contributed by atoms with van der Waals surface area (Å²) in [6.45, 7) is 1.58. The number of hydrogen-bond donors (Lipinski definition) is 2. The summed E-state index contributed by atoms with van der Waals surface area (Å²) < 4.78 is 5.11. The minimum atomic E-state index is -0.941. The number of nitrogens with one attached hydrogen (secondary N) is 2. The van der Waals surface area contributed by atoms with Gasteiger partial charge >= 0.3 is 0 Å². The molecule has 1 saturated carbocycles. The van der Waals surface area contributed by atoms with Crippen LogP contribution in [0.1, 0.15) is 53.4 Å². The number of pyridine rings is 1. The highest BCUT2D eigenvalue weighted by Gasteiger charge is 2.35. The highest BCUT2D eigenvalue weighted by Crippen LogP contribution is 2.31. The highest BCUT2D eigenvalue weighted by molar-refractivity contribution is 6.04. The topological polar surface area (TPSA) is 105 Å². The maximum atomic E-state index is 13.6. The van der Waals surface area contributed by atoms with Gasteiger partial charge in [-0.25, -0.2) is 0 Å². The molecule has 0 aliphatic heterocycles. The monoisotopic (exact) mass is 460 g/mol. The van der Waals surface area contributed by atoms with E-state index in [-0.39, 0.29) is 24.3 Å². The Kier molecular flexibility index (Phi) is 7.37. The summed E-state index contributed by atoms with van der Waals surface area (Å²) in [5.41, 5.74) is 2.01. The zero-order valence-corrected chi connectivity index (χ0v) is 19.1. The number of amides is 3. The fraction of sp³-hybridized carbons (Fsp3) is 0.308. The van der Waals surface area contributed by atoms with Crippen LogP contribution in [0.2, 0.25) is 0 Å². The lowest BCUT2D eigenvalue weighted by atomic mass is 10.0. The summed E-state index contributed by atoms with van der Waals surface area (Å²) in [5.74, 6) is -1.09. The molecule has 2 N–H and O–H groups in total. The van der Waals surface area contributed by atoms with Crippen LogP contribution in [-0.4, -0.2) is 35.3 Å². The van der Waals surface area contributed by atoms with Crippen LogP contribution in [-0.2, 0) is 9.59 Å². The maximum absolute atomic E-state index is 13.6. The Hall–Kier alpha value is -3.94. The molecule has 3 amide bonds. The van der Waals surface area contributed by atoms with Crippen LogP contribution < -0.4 is 15.5 Å². The Labute approximate surface area is 198 Å². The fourth-order valence-corrected chi connectivity index (χ4v) is 4.29. The Morgan fingerprint density at radius 1 is 1.09 bits per heavy atom. The number of benzene rings is 1. The van der Waals surface area contributed by atoms with Gasteiger partial charge < -0.3 is 15.1 Å². The number of furan rings is 1. The number of aromatic nitrogens is 1. The molecule has 0 spiro atoms. The third kappa shape index (κ3) is 5.33. The lowest BCUT2D eigenvalue weighted by Gasteiger charge is -2.33. The number of carbonyl (C=O) groups is 3. The molecule has 1 aromatic carbocycles. The molecular weight excluding hydrogens is 432 g/mol. The zero-order chi connectivity index (χ0) is 23.9. The average Bonchev–Trinajstić information content (AvgIpc) is 3.56. The number of hydrogen-bond acceptors (Lipinski definition) is 5. The molecule has 3 aromatic rings. The van der Waals surface area contributed by atoms with Crippen molar-refractivity contribution in [2.24, 2.45) is 0 Å². The normalized spacial score (nSPS) is 14.4. The van der Waals surface area contributed by atoms with Crippen LogP contribution in [0.25, 0.3) is 0 Å². The van der Waals surface area contributed by atoms with Gasteiger partial charge in [-0.2, -0.15) is 0 Å². The molecule has 2 aromatic heterocycles. The van der Waals surface area contributed by atoms with Gasteiger partial charge in [-0.15, -0.1) is 0 Å². The van der Waals surface area contributed by atoms with Gasteiger partial charge in [0.05, 0.1) is 12.8 Å². The number of nitrogens with zero attached hydrogens (tertiary/aromatic N) is 2. The van der Waals surface area contributed by atoms with Crippen LogP contribution in [0.3, 0.4) is 0 Å². The van der Waals surface area contributed by atoms with E-state index in [2.05, 4.69) is 15.6 Å². The first-order chi connectivity index (χ1) is 16.5. The van der Waals surface area contributed by atoms with Gasteiger partial charge in [0.15, 0.2) is 5.76 Å². The van der Waals surface area contributed by atoms with E-state index in [1.807, 2.05) is 25.1 Å². The molecule has 8 nitrogen and oxygen atoms in total. The summed E-state index contributed by atoms with van der Waals surface area (Å²) >= 11 is 0. The van der Waals surface area contributed by atoms with Crippen LogP contribution in [0.4, 0.5) is 5.69 Å². The molecule has 4 rings (SSSR count). The van der Waals surface area contributed by atoms with Crippen LogP contribution >= 0.6 is 0 Å². The second kappa shape index (κ2) is 10.8. The molecule has 1 atom stereocenters. The molecule has 1 fully saturated rings. The first kappa shape index (κ1) is 23.2. The predicted octanol–water partition coefficient (Wildman–Crippen LogP) is 3.55. The predicted molar refractivity (Wildman–Crippen MR) is 127 cm³/mol. The number of carbonyl (C=O) groups excluding carboxylic acids is 3. The smallest absolute Gasteiger partial charge is 0.287 e. The van der Waals surface area contributed by atoms with Crippen LogP contribution in [0.5, 0.6) is 0 Å². The quantitative estimate of drug-likeness (QED) is 0.535. The van der Waals surface area contributed by atoms with Gasteiger partial charge in [0.1, 0.15) is 6.04 Å². The molecule has 0 radical (unpaired) electrons. The molecule has 1 aliphatic rings. The molecule has 176 valence electrons. The van der Waals surface area contributed by atoms with Crippen molar-refractivity contribution in [1.82, 2.24) is 15.6 Å². The summed E-state index contributed by atoms with van der Waals surface area (Å²) in [5, 5.41) is 5.73. The van der Waals surface area contributed by atoms with E-state index < -0.39 is 17.9 Å². The van der Waals surface area contributed by atoms with E-state index >= 15 is 0 Å². The van der Waals surface area contributed by atoms with Crippen molar-refractivity contribution in [3.63, 3.8) is 0 Å². The molecule has 0 bridgehead atoms. The Morgan fingerprint density at radius 2 is 1.88 bits per heavy atom. The third-order valence-electron chi connectivity index (χ3n) is 6.00. The molecule has 2 heterocycles. The molecule has 0 saturated heterocycles. The van der Waals surface area contributed by atoms with Gasteiger partial charge in [0.2, 0.25) is 11.8 Å². The molecular formula is C26H28N4O4. The van der Waals surface area contributed by atoms with Crippen molar-refractivity contribution in [3.05, 3.63) is 84.1 Å². The van der Waals surface area contributed by atoms with Gasteiger partial charge in [-0.1, -0.05) is 37.1 Å². The van der Waals surface area contributed by atoms with Gasteiger partial charge in [-0.3, -0.25) is 24.3 Å². The summed E-state index contributed by atoms with van der Waals surface area (Å²) in [4.78, 5) is 45.2. The number of anilines is 1. The number of aryl methyl sites for hydroxylation is 1. The van der Waals surface area contributed by atoms with Crippen molar-refractivity contribution in [1.29, 1.82) is 0 Å². The molecule has 34 heavy (non-hydrogen) atoms. The van der Waals surface area contributed by atoms with Crippen LogP contribution in [0.15, 0.2) is 71.6 Å². The lowest BCUT2D eigenvalue weighted by Crippen LogP contribution is -2.49. The number of para-hydroxylation sites is 1. The maximum Gasteiger partial charge on any atom is 0.287 e. The molecule has 1 aliphatic carbocycles. The second-order valence-electron chi connectivity index (χ2n) is 8.39. The third-order valence-corrected chi connectivity index (χ3v) is 6.00. The van der Waals surface area contributed by atoms with E-state index in [4.69, 9.17) is 4.42 Å². The standard InChI is InChI=1S/C26H28N4O4/c1-18-8-2-5-12-21(18)30(23(31)17-28-25(32)22-13-7-15-34-22)24(19-9-6-14-27-16-19)26(33)29-20-10-3-4-11-20/h2,5-9,12-16,20,24H,3-4,10-11,17H2,1H3,(H,28,32)(H,29,33)/t24-/m0/s1. The van der Waals surface area contributed by atoms with E-state index in [0.717, 1.165) is 31.2 Å². The first-order valence-corrected chi connectivity index (χ1v) is 11.4. The Bertz CT molecular complexity index is 1120. The summed E-state index contributed by atoms with van der Waals surface area (Å²) in [6, 6.07) is 13.2. The Balaban J connectivity index is 1.67. The van der Waals surface area contributed by atoms with Crippen molar-refractivity contribution in [3.8, 4) is 0 Å². The fourth-order valence-electron chi connectivity index (χ4n) is 4.29. The van der Waals surface area contributed by atoms with Crippen molar-refractivity contribution in [2.45, 2.75) is 44.7 Å². The van der Waals surface area contributed by atoms with Gasteiger partial charge in [0.25, 0.3) is 5.91 Å². The largest absolute Gasteiger partial charge is 0.459 e. The first-order valence-electron chi connectivity index (χ1n) is 11.4. The average molecular weight is 461 g/mol. The minimum absolute atomic E-state index is 0.0825. The zero-order valence-electron chi connectivity index (χ0n) is 19.1. The minimum Gasteiger partial charge on any atom is -0.459 e. The lowest BCUT2D eigenvalue weighted by molar-refractivity contribution is -0.126. The van der Waals surface area contributed by atoms with Crippen molar-refractivity contribution >= 4 is 23.4 Å². The van der Waals surface area contributed by atoms with E-state index in [1.165, 1.54) is 17.2 Å². The highest BCUT2D eigenvalue weighted by atomic mass is 16.3. The molecule has 0 unspecified atom stereocenters. The summed E-state index contributed by atoms with van der Waals surface area (Å²) in [7, 11) is 0. The van der Waals surface area contributed by atoms with Gasteiger partial charge in [0, 0.05) is 29.7 Å². The van der Waals surface area contributed by atoms with E-state index in [9.17, 15) is 14.4 Å². The van der Waals surface area contributed by atoms with Gasteiger partial charge in [-0.05, 0) is 49.6 Å². The van der Waals surface area contributed by atoms with Crippen molar-refractivity contribution < 1.29 is 18.8 Å². The number of rotatable bonds is 8.